The van der Waals surface area contributed by atoms with Crippen molar-refractivity contribution in [2.45, 2.75) is 26.3 Å². The highest BCUT2D eigenvalue weighted by atomic mass is 16.5. The first kappa shape index (κ1) is 11.2. The number of aryl methyl sites for hydroxylation is 2. The van der Waals surface area contributed by atoms with Crippen LogP contribution in [0.2, 0.25) is 0 Å². The molecule has 2 aromatic rings. The number of ether oxygens (including phenoxy) is 1. The third-order valence-electron chi connectivity index (χ3n) is 3.00. The quantitative estimate of drug-likeness (QED) is 0.701. The van der Waals surface area contributed by atoms with Crippen molar-refractivity contribution in [1.29, 1.82) is 0 Å². The van der Waals surface area contributed by atoms with Crippen LogP contribution in [-0.4, -0.2) is 18.3 Å². The number of para-hydroxylation sites is 1. The first-order chi connectivity index (χ1) is 7.86. The molecule has 1 heterocycles. The summed E-state index contributed by atoms with van der Waals surface area (Å²) in [5.74, 6) is 0. The van der Waals surface area contributed by atoms with Crippen LogP contribution in [0.25, 0.3) is 10.9 Å². The zero-order chi connectivity index (χ0) is 11.4. The first-order valence-corrected chi connectivity index (χ1v) is 5.92. The molecular weight excluding hydrogens is 198 g/mol. The molecule has 2 heteroatoms. The van der Waals surface area contributed by atoms with E-state index < -0.39 is 0 Å². The summed E-state index contributed by atoms with van der Waals surface area (Å²) < 4.78 is 7.44. The molecule has 0 amide bonds. The third-order valence-corrected chi connectivity index (χ3v) is 3.00. The standard InChI is InChI=1S/C14H19NO/c1-3-12-6-4-7-13-8-10-15(14(12)13)9-5-11-16-2/h4,6-8,10H,3,5,9,11H2,1-2H3. The predicted octanol–water partition coefficient (Wildman–Crippen LogP) is 3.24. The summed E-state index contributed by atoms with van der Waals surface area (Å²) in [5.41, 5.74) is 2.82. The average Bonchev–Trinajstić information content (AvgIpc) is 2.73. The molecule has 1 aromatic carbocycles. The van der Waals surface area contributed by atoms with Gasteiger partial charge in [-0.15, -0.1) is 0 Å². The molecule has 0 saturated heterocycles. The van der Waals surface area contributed by atoms with Crippen molar-refractivity contribution in [1.82, 2.24) is 4.57 Å². The van der Waals surface area contributed by atoms with Crippen LogP contribution in [0.15, 0.2) is 30.5 Å². The maximum atomic E-state index is 5.10. The van der Waals surface area contributed by atoms with Gasteiger partial charge in [0.2, 0.25) is 0 Å². The Labute approximate surface area is 96.8 Å². The molecule has 0 unspecified atom stereocenters. The highest BCUT2D eigenvalue weighted by Gasteiger charge is 2.04. The molecule has 0 aliphatic rings. The topological polar surface area (TPSA) is 14.2 Å². The molecular formula is C14H19NO. The number of fused-ring (bicyclic) bond motifs is 1. The monoisotopic (exact) mass is 217 g/mol. The molecule has 0 bridgehead atoms. The summed E-state index contributed by atoms with van der Waals surface area (Å²) in [7, 11) is 1.76. The minimum absolute atomic E-state index is 0.827. The fourth-order valence-corrected chi connectivity index (χ4v) is 2.19. The Bertz CT molecular complexity index is 459. The largest absolute Gasteiger partial charge is 0.385 e. The van der Waals surface area contributed by atoms with E-state index in [2.05, 4.69) is 42.0 Å². The summed E-state index contributed by atoms with van der Waals surface area (Å²) in [6.07, 6.45) is 4.34. The van der Waals surface area contributed by atoms with Gasteiger partial charge in [-0.05, 0) is 29.9 Å². The van der Waals surface area contributed by atoms with Crippen molar-refractivity contribution in [3.8, 4) is 0 Å². The number of aromatic nitrogens is 1. The van der Waals surface area contributed by atoms with Crippen LogP contribution >= 0.6 is 0 Å². The van der Waals surface area contributed by atoms with Crippen molar-refractivity contribution in [3.05, 3.63) is 36.0 Å². The van der Waals surface area contributed by atoms with Crippen LogP contribution in [0.5, 0.6) is 0 Å². The van der Waals surface area contributed by atoms with Crippen LogP contribution in [0.1, 0.15) is 18.9 Å². The zero-order valence-electron chi connectivity index (χ0n) is 10.1. The smallest absolute Gasteiger partial charge is 0.0512 e. The van der Waals surface area contributed by atoms with E-state index >= 15 is 0 Å². The van der Waals surface area contributed by atoms with Gasteiger partial charge < -0.3 is 9.30 Å². The van der Waals surface area contributed by atoms with Crippen LogP contribution in [0.4, 0.5) is 0 Å². The van der Waals surface area contributed by atoms with Crippen LogP contribution < -0.4 is 0 Å². The molecule has 0 aliphatic heterocycles. The predicted molar refractivity (Wildman–Crippen MR) is 67.8 cm³/mol. The summed E-state index contributed by atoms with van der Waals surface area (Å²) >= 11 is 0. The number of hydrogen-bond acceptors (Lipinski definition) is 1. The summed E-state index contributed by atoms with van der Waals surface area (Å²) in [4.78, 5) is 0. The van der Waals surface area contributed by atoms with Gasteiger partial charge in [-0.1, -0.05) is 25.1 Å². The Kier molecular flexibility index (Phi) is 3.62. The van der Waals surface area contributed by atoms with Crippen molar-refractivity contribution in [2.24, 2.45) is 0 Å². The number of methoxy groups -OCH3 is 1. The molecule has 0 N–H and O–H groups in total. The van der Waals surface area contributed by atoms with Gasteiger partial charge in [0, 0.05) is 26.5 Å². The van der Waals surface area contributed by atoms with E-state index in [1.54, 1.807) is 7.11 Å². The Morgan fingerprint density at radius 2 is 2.12 bits per heavy atom. The number of benzene rings is 1. The molecule has 2 nitrogen and oxygen atoms in total. The molecule has 1 aromatic heterocycles. The first-order valence-electron chi connectivity index (χ1n) is 5.92. The van der Waals surface area contributed by atoms with Gasteiger partial charge >= 0.3 is 0 Å². The van der Waals surface area contributed by atoms with E-state index in [1.165, 1.54) is 16.5 Å². The van der Waals surface area contributed by atoms with Crippen LogP contribution in [-0.2, 0) is 17.7 Å². The van der Waals surface area contributed by atoms with Crippen LogP contribution in [0.3, 0.4) is 0 Å². The molecule has 0 atom stereocenters. The number of hydrogen-bond donors (Lipinski definition) is 0. The van der Waals surface area contributed by atoms with Crippen molar-refractivity contribution in [2.75, 3.05) is 13.7 Å². The lowest BCUT2D eigenvalue weighted by Gasteiger charge is -2.08. The molecule has 0 fully saturated rings. The van der Waals surface area contributed by atoms with Crippen molar-refractivity contribution < 1.29 is 4.74 Å². The van der Waals surface area contributed by atoms with Gasteiger partial charge in [0.15, 0.2) is 0 Å². The third kappa shape index (κ3) is 2.12. The molecule has 0 aliphatic carbocycles. The second-order valence-electron chi connectivity index (χ2n) is 4.06. The van der Waals surface area contributed by atoms with Gasteiger partial charge in [-0.3, -0.25) is 0 Å². The lowest BCUT2D eigenvalue weighted by molar-refractivity contribution is 0.190. The molecule has 2 rings (SSSR count). The van der Waals surface area contributed by atoms with Gasteiger partial charge in [0.25, 0.3) is 0 Å². The highest BCUT2D eigenvalue weighted by Crippen LogP contribution is 2.21. The average molecular weight is 217 g/mol. The van der Waals surface area contributed by atoms with E-state index in [4.69, 9.17) is 4.74 Å². The molecule has 0 radical (unpaired) electrons. The Morgan fingerprint density at radius 3 is 2.88 bits per heavy atom. The molecule has 0 spiro atoms. The lowest BCUT2D eigenvalue weighted by Crippen LogP contribution is -2.01. The highest BCUT2D eigenvalue weighted by molar-refractivity contribution is 5.83. The second kappa shape index (κ2) is 5.17. The molecule has 0 saturated carbocycles. The van der Waals surface area contributed by atoms with E-state index in [9.17, 15) is 0 Å². The Hall–Kier alpha value is -1.28. The minimum Gasteiger partial charge on any atom is -0.385 e. The number of nitrogens with zero attached hydrogens (tertiary/aromatic N) is 1. The SMILES string of the molecule is CCc1cccc2ccn(CCCOC)c12. The van der Waals surface area contributed by atoms with Gasteiger partial charge in [-0.25, -0.2) is 0 Å². The van der Waals surface area contributed by atoms with E-state index in [0.29, 0.717) is 0 Å². The zero-order valence-corrected chi connectivity index (χ0v) is 10.1. The second-order valence-corrected chi connectivity index (χ2v) is 4.06. The Morgan fingerprint density at radius 1 is 1.25 bits per heavy atom. The van der Waals surface area contributed by atoms with E-state index in [0.717, 1.165) is 26.0 Å². The van der Waals surface area contributed by atoms with Crippen molar-refractivity contribution in [3.63, 3.8) is 0 Å². The van der Waals surface area contributed by atoms with Gasteiger partial charge in [0.05, 0.1) is 5.52 Å². The summed E-state index contributed by atoms with van der Waals surface area (Å²) in [6.45, 7) is 4.07. The van der Waals surface area contributed by atoms with Crippen LogP contribution in [0, 0.1) is 0 Å². The Balaban J connectivity index is 2.30. The minimum atomic E-state index is 0.827. The van der Waals surface area contributed by atoms with Gasteiger partial charge in [-0.2, -0.15) is 0 Å². The molecule has 86 valence electrons. The summed E-state index contributed by atoms with van der Waals surface area (Å²) in [6, 6.07) is 8.73. The lowest BCUT2D eigenvalue weighted by atomic mass is 10.1. The molecule has 16 heavy (non-hydrogen) atoms. The summed E-state index contributed by atoms with van der Waals surface area (Å²) in [5, 5.41) is 1.34. The number of rotatable bonds is 5. The van der Waals surface area contributed by atoms with E-state index in [1.807, 2.05) is 0 Å². The van der Waals surface area contributed by atoms with Gasteiger partial charge in [0.1, 0.15) is 0 Å². The fourth-order valence-electron chi connectivity index (χ4n) is 2.19. The normalized spacial score (nSPS) is 11.1. The fraction of sp³-hybridized carbons (Fsp3) is 0.429. The van der Waals surface area contributed by atoms with E-state index in [-0.39, 0.29) is 0 Å². The van der Waals surface area contributed by atoms with Crippen molar-refractivity contribution >= 4 is 10.9 Å². The maximum Gasteiger partial charge on any atom is 0.0512 e. The maximum absolute atomic E-state index is 5.10.